The summed E-state index contributed by atoms with van der Waals surface area (Å²) >= 11 is 0. The average molecular weight is 481 g/mol. The zero-order valence-electron chi connectivity index (χ0n) is 20.0. The van der Waals surface area contributed by atoms with Gasteiger partial charge in [0.25, 0.3) is 5.56 Å². The fraction of sp³-hybridized carbons (Fsp3) is 0.143. The molecule has 0 saturated carbocycles. The Hall–Kier alpha value is -4.72. The van der Waals surface area contributed by atoms with Gasteiger partial charge in [-0.2, -0.15) is 0 Å². The van der Waals surface area contributed by atoms with E-state index >= 15 is 0 Å². The van der Waals surface area contributed by atoms with Gasteiger partial charge in [-0.25, -0.2) is 4.79 Å². The molecule has 3 N–H and O–H groups in total. The first-order valence-electron chi connectivity index (χ1n) is 11.6. The number of aromatic nitrogens is 3. The van der Waals surface area contributed by atoms with Gasteiger partial charge in [0.1, 0.15) is 0 Å². The number of aryl methyl sites for hydroxylation is 2. The maximum absolute atomic E-state index is 13.7. The second kappa shape index (κ2) is 7.64. The van der Waals surface area contributed by atoms with Crippen molar-refractivity contribution in [2.24, 2.45) is 14.1 Å². The molecule has 3 aromatic carbocycles. The molecule has 8 nitrogen and oxygen atoms in total. The molecule has 0 spiro atoms. The highest BCUT2D eigenvalue weighted by Crippen LogP contribution is 2.47. The van der Waals surface area contributed by atoms with E-state index in [-0.39, 0.29) is 11.5 Å². The lowest BCUT2D eigenvalue weighted by atomic mass is 9.98. The van der Waals surface area contributed by atoms with Gasteiger partial charge in [-0.1, -0.05) is 48.0 Å². The van der Waals surface area contributed by atoms with E-state index in [1.807, 2.05) is 60.0 Å². The number of hydrogen-bond donors (Lipinski definition) is 3. The maximum atomic E-state index is 13.7. The number of aromatic hydroxyl groups is 2. The lowest BCUT2D eigenvalue weighted by Gasteiger charge is -2.31. The van der Waals surface area contributed by atoms with Crippen LogP contribution in [0.5, 0.6) is 11.5 Å². The molecule has 3 heterocycles. The molecule has 5 aromatic rings. The van der Waals surface area contributed by atoms with Crippen LogP contribution in [-0.2, 0) is 14.1 Å². The van der Waals surface area contributed by atoms with Crippen LogP contribution in [0.3, 0.4) is 0 Å². The topological polar surface area (TPSA) is 101 Å². The minimum absolute atomic E-state index is 0.251. The minimum Gasteiger partial charge on any atom is -0.504 e. The number of fused-ring (bicyclic) bond motifs is 5. The molecule has 1 aliphatic heterocycles. The molecule has 1 aliphatic rings. The predicted octanol–water partition coefficient (Wildman–Crippen LogP) is 3.93. The fourth-order valence-corrected chi connectivity index (χ4v) is 5.30. The third kappa shape index (κ3) is 2.87. The van der Waals surface area contributed by atoms with Crippen LogP contribution < -0.4 is 16.6 Å². The number of benzene rings is 3. The molecule has 180 valence electrons. The molecule has 0 saturated heterocycles. The monoisotopic (exact) mass is 480 g/mol. The third-order valence-electron chi connectivity index (χ3n) is 6.98. The van der Waals surface area contributed by atoms with E-state index in [4.69, 9.17) is 0 Å². The van der Waals surface area contributed by atoms with E-state index in [9.17, 15) is 19.8 Å². The molecular formula is C28H24N4O4. The zero-order valence-corrected chi connectivity index (χ0v) is 20.0. The van der Waals surface area contributed by atoms with Crippen LogP contribution in [-0.4, -0.2) is 23.9 Å². The number of hydrogen-bond acceptors (Lipinski definition) is 5. The van der Waals surface area contributed by atoms with Crippen LogP contribution in [0.1, 0.15) is 22.9 Å². The van der Waals surface area contributed by atoms with Crippen molar-refractivity contribution < 1.29 is 10.2 Å². The first-order chi connectivity index (χ1) is 17.3. The number of rotatable bonds is 2. The van der Waals surface area contributed by atoms with E-state index < -0.39 is 17.3 Å². The molecule has 0 radical (unpaired) electrons. The van der Waals surface area contributed by atoms with Crippen LogP contribution in [0.2, 0.25) is 0 Å². The standard InChI is InChI=1S/C28H24N4O4/c1-15-8-6-9-16(14-15)23-21-24(30(2)28(36)31(3)27(21)35)25-22(17-10-7-13-20(33)26(17)34)29-18-11-4-5-12-19(18)32(23)25/h4-14,22,29,33-34H,1-3H3. The van der Waals surface area contributed by atoms with Crippen molar-refractivity contribution in [3.05, 3.63) is 104 Å². The number of para-hydroxylation sites is 3. The van der Waals surface area contributed by atoms with Crippen molar-refractivity contribution >= 4 is 16.6 Å². The Labute approximate surface area is 205 Å². The molecule has 2 aromatic heterocycles. The van der Waals surface area contributed by atoms with E-state index in [0.29, 0.717) is 27.9 Å². The minimum atomic E-state index is -0.661. The van der Waals surface area contributed by atoms with Gasteiger partial charge in [0, 0.05) is 19.7 Å². The fourth-order valence-electron chi connectivity index (χ4n) is 5.30. The van der Waals surface area contributed by atoms with Gasteiger partial charge in [-0.05, 0) is 36.8 Å². The molecule has 0 amide bonds. The van der Waals surface area contributed by atoms with Crippen LogP contribution in [0.4, 0.5) is 5.69 Å². The number of phenols is 2. The summed E-state index contributed by atoms with van der Waals surface area (Å²) in [5.74, 6) is -0.513. The summed E-state index contributed by atoms with van der Waals surface area (Å²) < 4.78 is 4.60. The zero-order chi connectivity index (χ0) is 25.3. The highest BCUT2D eigenvalue weighted by atomic mass is 16.3. The quantitative estimate of drug-likeness (QED) is 0.333. The summed E-state index contributed by atoms with van der Waals surface area (Å²) in [5, 5.41) is 25.0. The van der Waals surface area contributed by atoms with Gasteiger partial charge >= 0.3 is 5.69 Å². The van der Waals surface area contributed by atoms with E-state index in [0.717, 1.165) is 27.1 Å². The lowest BCUT2D eigenvalue weighted by Crippen LogP contribution is -2.37. The Balaban J connectivity index is 1.88. The Bertz CT molecular complexity index is 1830. The maximum Gasteiger partial charge on any atom is 0.331 e. The first kappa shape index (κ1) is 21.8. The van der Waals surface area contributed by atoms with Gasteiger partial charge in [0.05, 0.1) is 39.7 Å². The van der Waals surface area contributed by atoms with Gasteiger partial charge in [0.15, 0.2) is 11.5 Å². The van der Waals surface area contributed by atoms with E-state index in [2.05, 4.69) is 5.32 Å². The molecule has 0 bridgehead atoms. The summed E-state index contributed by atoms with van der Waals surface area (Å²) in [6.07, 6.45) is 0. The number of nitrogens with zero attached hydrogens (tertiary/aromatic N) is 3. The predicted molar refractivity (Wildman–Crippen MR) is 139 cm³/mol. The molecule has 0 fully saturated rings. The number of phenolic OH excluding ortho intramolecular Hbond substituents is 2. The summed E-state index contributed by atoms with van der Waals surface area (Å²) in [6.45, 7) is 1.99. The average Bonchev–Trinajstić information content (AvgIpc) is 3.24. The van der Waals surface area contributed by atoms with Crippen molar-refractivity contribution in [3.63, 3.8) is 0 Å². The van der Waals surface area contributed by atoms with Gasteiger partial charge < -0.3 is 20.1 Å². The van der Waals surface area contributed by atoms with Crippen molar-refractivity contribution in [2.75, 3.05) is 5.32 Å². The lowest BCUT2D eigenvalue weighted by molar-refractivity contribution is 0.398. The normalized spacial score (nSPS) is 14.4. The van der Waals surface area contributed by atoms with Crippen molar-refractivity contribution in [3.8, 4) is 28.4 Å². The van der Waals surface area contributed by atoms with E-state index in [1.54, 1.807) is 19.2 Å². The third-order valence-corrected chi connectivity index (χ3v) is 6.98. The Morgan fingerprint density at radius 3 is 2.42 bits per heavy atom. The second-order valence-electron chi connectivity index (χ2n) is 9.18. The highest BCUT2D eigenvalue weighted by Gasteiger charge is 2.36. The first-order valence-corrected chi connectivity index (χ1v) is 11.6. The Kier molecular flexibility index (Phi) is 4.63. The summed E-state index contributed by atoms with van der Waals surface area (Å²) in [4.78, 5) is 26.8. The van der Waals surface area contributed by atoms with Gasteiger partial charge in [-0.15, -0.1) is 0 Å². The summed E-state index contributed by atoms with van der Waals surface area (Å²) in [7, 11) is 3.12. The Morgan fingerprint density at radius 2 is 1.64 bits per heavy atom. The molecule has 6 rings (SSSR count). The van der Waals surface area contributed by atoms with Crippen LogP contribution in [0, 0.1) is 6.92 Å². The molecule has 1 unspecified atom stereocenters. The van der Waals surface area contributed by atoms with Crippen LogP contribution in [0.15, 0.2) is 76.3 Å². The largest absolute Gasteiger partial charge is 0.504 e. The summed E-state index contributed by atoms with van der Waals surface area (Å²) in [5.41, 5.74) is 4.79. The van der Waals surface area contributed by atoms with Crippen molar-refractivity contribution in [1.82, 2.24) is 13.7 Å². The smallest absolute Gasteiger partial charge is 0.331 e. The molecule has 36 heavy (non-hydrogen) atoms. The summed E-state index contributed by atoms with van der Waals surface area (Å²) in [6, 6.07) is 19.7. The van der Waals surface area contributed by atoms with Crippen molar-refractivity contribution in [1.29, 1.82) is 0 Å². The van der Waals surface area contributed by atoms with E-state index in [1.165, 1.54) is 17.7 Å². The molecule has 0 aliphatic carbocycles. The SMILES string of the molecule is Cc1cccc(-c2c3c(=O)n(C)c(=O)n(C)c3c3n2-c2ccccc2NC3c2cccc(O)c2O)c1. The van der Waals surface area contributed by atoms with Gasteiger partial charge in [-0.3, -0.25) is 13.9 Å². The molecular weight excluding hydrogens is 456 g/mol. The van der Waals surface area contributed by atoms with Crippen LogP contribution >= 0.6 is 0 Å². The van der Waals surface area contributed by atoms with Crippen molar-refractivity contribution in [2.45, 2.75) is 13.0 Å². The Morgan fingerprint density at radius 1 is 0.889 bits per heavy atom. The molecule has 8 heteroatoms. The number of anilines is 1. The molecule has 1 atom stereocenters. The van der Waals surface area contributed by atoms with Crippen LogP contribution in [0.25, 0.3) is 27.8 Å². The van der Waals surface area contributed by atoms with Gasteiger partial charge in [0.2, 0.25) is 0 Å². The highest BCUT2D eigenvalue weighted by molar-refractivity contribution is 5.99. The number of nitrogens with one attached hydrogen (secondary N) is 1. The second-order valence-corrected chi connectivity index (χ2v) is 9.18.